The first-order chi connectivity index (χ1) is 20.5. The molecule has 0 spiro atoms. The summed E-state index contributed by atoms with van der Waals surface area (Å²) in [6.07, 6.45) is 13.0. The number of nitrogens with zero attached hydrogens (tertiary/aromatic N) is 7. The van der Waals surface area contributed by atoms with Crippen LogP contribution in [0.4, 0.5) is 10.2 Å². The number of ether oxygens (including phenoxy) is 1. The highest BCUT2D eigenvalue weighted by atomic mass is 19.1. The predicted molar refractivity (Wildman–Crippen MR) is 157 cm³/mol. The van der Waals surface area contributed by atoms with E-state index in [9.17, 15) is 9.65 Å². The van der Waals surface area contributed by atoms with Crippen LogP contribution in [0.1, 0.15) is 63.0 Å². The fourth-order valence-electron chi connectivity index (χ4n) is 7.49. The van der Waals surface area contributed by atoms with Crippen LogP contribution in [-0.4, -0.2) is 73.9 Å². The summed E-state index contributed by atoms with van der Waals surface area (Å²) in [6, 6.07) is 8.58. The molecule has 4 aliphatic rings. The van der Waals surface area contributed by atoms with E-state index < -0.39 is 0 Å². The molecule has 1 aromatic carbocycles. The zero-order chi connectivity index (χ0) is 28.7. The summed E-state index contributed by atoms with van der Waals surface area (Å²) in [5, 5.41) is 17.7. The van der Waals surface area contributed by atoms with Gasteiger partial charge in [-0.05, 0) is 76.1 Å². The summed E-state index contributed by atoms with van der Waals surface area (Å²) >= 11 is 0. The smallest absolute Gasteiger partial charge is 0.133 e. The van der Waals surface area contributed by atoms with Crippen molar-refractivity contribution in [2.75, 3.05) is 31.5 Å². The number of halogens is 1. The molecule has 5 heterocycles. The van der Waals surface area contributed by atoms with Crippen molar-refractivity contribution in [2.45, 2.75) is 88.6 Å². The third-order valence-corrected chi connectivity index (χ3v) is 9.90. The van der Waals surface area contributed by atoms with Crippen molar-refractivity contribution in [2.24, 2.45) is 0 Å². The number of hydrogen-bond acceptors (Lipinski definition) is 8. The average molecular weight is 571 g/mol. The molecule has 220 valence electrons. The molecule has 10 heteroatoms. The number of rotatable bonds is 8. The van der Waals surface area contributed by atoms with Crippen LogP contribution in [-0.2, 0) is 18.5 Å². The number of piperidine rings is 1. The lowest BCUT2D eigenvalue weighted by Crippen LogP contribution is -2.58. The highest BCUT2D eigenvalue weighted by molar-refractivity contribution is 5.69. The molecular weight excluding hydrogens is 531 g/mol. The fraction of sp³-hybridized carbons (Fsp3) is 0.562. The summed E-state index contributed by atoms with van der Waals surface area (Å²) in [6.45, 7) is 6.85. The van der Waals surface area contributed by atoms with Crippen LogP contribution in [0, 0.1) is 17.1 Å². The molecule has 3 aliphatic heterocycles. The maximum atomic E-state index is 14.5. The number of nitrogens with one attached hydrogen (secondary N) is 1. The third kappa shape index (κ3) is 5.25. The van der Waals surface area contributed by atoms with E-state index in [1.165, 1.54) is 18.9 Å². The molecule has 0 radical (unpaired) electrons. The molecule has 9 nitrogen and oxygen atoms in total. The molecule has 1 N–H and O–H groups in total. The van der Waals surface area contributed by atoms with E-state index in [1.807, 2.05) is 16.9 Å². The largest absolute Gasteiger partial charge is 0.490 e. The molecule has 1 atom stereocenters. The van der Waals surface area contributed by atoms with Gasteiger partial charge in [-0.2, -0.15) is 10.4 Å². The van der Waals surface area contributed by atoms with E-state index in [4.69, 9.17) is 9.84 Å². The van der Waals surface area contributed by atoms with Gasteiger partial charge in [0.2, 0.25) is 0 Å². The van der Waals surface area contributed by atoms with Crippen molar-refractivity contribution >= 4 is 5.82 Å². The highest BCUT2D eigenvalue weighted by Crippen LogP contribution is 2.46. The summed E-state index contributed by atoms with van der Waals surface area (Å²) in [4.78, 5) is 13.9. The van der Waals surface area contributed by atoms with Crippen LogP contribution in [0.25, 0.3) is 11.3 Å². The molecule has 1 saturated carbocycles. The SMILES string of the molecule is C[C@H]1CCCN1Cc1cc(F)cc(OC2CCN([C@H]3C[C@@](CC#N)(n4cc(-c5ncnc6c5CCN6)cn4)C3)CC2)c1. The van der Waals surface area contributed by atoms with Gasteiger partial charge in [-0.1, -0.05) is 0 Å². The van der Waals surface area contributed by atoms with Gasteiger partial charge < -0.3 is 10.1 Å². The second-order valence-corrected chi connectivity index (χ2v) is 12.6. The first-order valence-corrected chi connectivity index (χ1v) is 15.4. The van der Waals surface area contributed by atoms with Crippen molar-refractivity contribution in [3.63, 3.8) is 0 Å². The van der Waals surface area contributed by atoms with Crippen molar-refractivity contribution in [1.29, 1.82) is 5.26 Å². The highest BCUT2D eigenvalue weighted by Gasteiger charge is 2.49. The molecule has 7 rings (SSSR count). The zero-order valence-electron chi connectivity index (χ0n) is 24.3. The van der Waals surface area contributed by atoms with E-state index in [-0.39, 0.29) is 17.5 Å². The molecule has 3 fully saturated rings. The second-order valence-electron chi connectivity index (χ2n) is 12.6. The van der Waals surface area contributed by atoms with Crippen LogP contribution in [0.2, 0.25) is 0 Å². The minimum atomic E-state index is -0.287. The molecule has 0 unspecified atom stereocenters. The number of likely N-dealkylation sites (tertiary alicyclic amines) is 2. The molecule has 0 amide bonds. The number of nitriles is 1. The van der Waals surface area contributed by atoms with Crippen LogP contribution in [0.3, 0.4) is 0 Å². The Kier molecular flexibility index (Phi) is 7.32. The Labute approximate surface area is 246 Å². The molecular formula is C32H39FN8O. The number of aromatic nitrogens is 4. The van der Waals surface area contributed by atoms with E-state index in [0.29, 0.717) is 24.3 Å². The van der Waals surface area contributed by atoms with Crippen molar-refractivity contribution < 1.29 is 9.13 Å². The number of benzene rings is 1. The van der Waals surface area contributed by atoms with E-state index in [2.05, 4.69) is 44.3 Å². The number of hydrogen-bond donors (Lipinski definition) is 1. The van der Waals surface area contributed by atoms with Crippen LogP contribution in [0.15, 0.2) is 36.9 Å². The lowest BCUT2D eigenvalue weighted by atomic mass is 9.69. The van der Waals surface area contributed by atoms with Gasteiger partial charge in [-0.25, -0.2) is 14.4 Å². The fourth-order valence-corrected chi connectivity index (χ4v) is 7.49. The van der Waals surface area contributed by atoms with Crippen LogP contribution >= 0.6 is 0 Å². The van der Waals surface area contributed by atoms with E-state index >= 15 is 0 Å². The number of fused-ring (bicyclic) bond motifs is 1. The maximum Gasteiger partial charge on any atom is 0.133 e. The first-order valence-electron chi connectivity index (χ1n) is 15.4. The van der Waals surface area contributed by atoms with Gasteiger partial charge in [0.05, 0.1) is 29.9 Å². The first kappa shape index (κ1) is 27.3. The Bertz CT molecular complexity index is 1470. The Balaban J connectivity index is 0.957. The van der Waals surface area contributed by atoms with Gasteiger partial charge in [-0.15, -0.1) is 0 Å². The van der Waals surface area contributed by atoms with E-state index in [0.717, 1.165) is 93.0 Å². The molecule has 42 heavy (non-hydrogen) atoms. The van der Waals surface area contributed by atoms with Gasteiger partial charge in [0, 0.05) is 61.7 Å². The van der Waals surface area contributed by atoms with Gasteiger partial charge in [0.25, 0.3) is 0 Å². The van der Waals surface area contributed by atoms with Crippen LogP contribution < -0.4 is 10.1 Å². The normalized spacial score (nSPS) is 26.4. The zero-order valence-corrected chi connectivity index (χ0v) is 24.3. The Morgan fingerprint density at radius 2 is 2.00 bits per heavy atom. The second kappa shape index (κ2) is 11.3. The lowest BCUT2D eigenvalue weighted by molar-refractivity contribution is -0.0207. The van der Waals surface area contributed by atoms with Crippen LogP contribution in [0.5, 0.6) is 5.75 Å². The van der Waals surface area contributed by atoms with Gasteiger partial charge >= 0.3 is 0 Å². The van der Waals surface area contributed by atoms with Crippen molar-refractivity contribution in [1.82, 2.24) is 29.5 Å². The molecule has 2 saturated heterocycles. The van der Waals surface area contributed by atoms with Gasteiger partial charge in [-0.3, -0.25) is 14.5 Å². The standard InChI is InChI=1S/C32H39FN8O/c1-22-3-2-10-40(22)19-23-13-25(33)15-28(14-23)42-27-5-11-39(12-6-27)26-16-32(17-26,7-8-34)41-20-24(18-38-41)30-29-4-9-35-31(29)37-21-36-30/h13-15,18,20-22,26-27H,2-7,9-12,16-17,19H2,1H3,(H,35,36,37)/t22-,26-,32+/m0/s1. The van der Waals surface area contributed by atoms with E-state index in [1.54, 1.807) is 12.4 Å². The molecule has 1 aliphatic carbocycles. The third-order valence-electron chi connectivity index (χ3n) is 9.90. The van der Waals surface area contributed by atoms with Gasteiger partial charge in [0.1, 0.15) is 29.8 Å². The lowest BCUT2D eigenvalue weighted by Gasteiger charge is -2.52. The number of anilines is 1. The minimum absolute atomic E-state index is 0.0864. The molecule has 2 aromatic heterocycles. The average Bonchev–Trinajstić information content (AvgIpc) is 3.73. The Hall–Kier alpha value is -3.55. The van der Waals surface area contributed by atoms with Gasteiger partial charge in [0.15, 0.2) is 0 Å². The summed E-state index contributed by atoms with van der Waals surface area (Å²) in [7, 11) is 0. The monoisotopic (exact) mass is 570 g/mol. The summed E-state index contributed by atoms with van der Waals surface area (Å²) in [5.74, 6) is 1.33. The minimum Gasteiger partial charge on any atom is -0.490 e. The predicted octanol–water partition coefficient (Wildman–Crippen LogP) is 4.75. The maximum absolute atomic E-state index is 14.5. The summed E-state index contributed by atoms with van der Waals surface area (Å²) < 4.78 is 22.8. The van der Waals surface area contributed by atoms with Crippen molar-refractivity contribution in [3.8, 4) is 23.1 Å². The van der Waals surface area contributed by atoms with Crippen molar-refractivity contribution in [3.05, 3.63) is 53.9 Å². The topological polar surface area (TPSA) is 95.1 Å². The Morgan fingerprint density at radius 3 is 2.79 bits per heavy atom. The molecule has 3 aromatic rings. The Morgan fingerprint density at radius 1 is 1.14 bits per heavy atom. The quantitative estimate of drug-likeness (QED) is 0.415. The summed E-state index contributed by atoms with van der Waals surface area (Å²) in [5.41, 5.74) is 3.74. The molecule has 0 bridgehead atoms.